The monoisotopic (exact) mass is 323 g/mol. The molecule has 2 N–H and O–H groups in total. The predicted molar refractivity (Wildman–Crippen MR) is 82.9 cm³/mol. The van der Waals surface area contributed by atoms with Gasteiger partial charge in [0.15, 0.2) is 0 Å². The van der Waals surface area contributed by atoms with Crippen LogP contribution in [0.4, 0.5) is 0 Å². The van der Waals surface area contributed by atoms with Gasteiger partial charge in [0.25, 0.3) is 10.0 Å². The maximum absolute atomic E-state index is 12.5. The normalized spacial score (nSPS) is 21.4. The highest BCUT2D eigenvalue weighted by Gasteiger charge is 2.34. The first-order chi connectivity index (χ1) is 10.0. The van der Waals surface area contributed by atoms with E-state index in [0.717, 1.165) is 22.4 Å². The maximum atomic E-state index is 12.5. The molecule has 0 bridgehead atoms. The fourth-order valence-corrected chi connectivity index (χ4v) is 5.19. The minimum absolute atomic E-state index is 0.302. The van der Waals surface area contributed by atoms with Crippen LogP contribution in [0.3, 0.4) is 0 Å². The quantitative estimate of drug-likeness (QED) is 0.907. The van der Waals surface area contributed by atoms with Gasteiger partial charge in [-0.2, -0.15) is 0 Å². The third-order valence-electron chi connectivity index (χ3n) is 3.74. The molecule has 112 valence electrons. The Bertz CT molecular complexity index is 752. The molecule has 1 aromatic carbocycles. The van der Waals surface area contributed by atoms with Crippen molar-refractivity contribution in [3.8, 4) is 0 Å². The fraction of sp³-hybridized carbons (Fsp3) is 0.333. The van der Waals surface area contributed by atoms with Crippen molar-refractivity contribution < 1.29 is 13.5 Å². The largest absolute Gasteiger partial charge is 0.391 e. The van der Waals surface area contributed by atoms with Crippen molar-refractivity contribution in [1.82, 2.24) is 4.72 Å². The lowest BCUT2D eigenvalue weighted by molar-refractivity contribution is 0.151. The average molecular weight is 323 g/mol. The van der Waals surface area contributed by atoms with Crippen molar-refractivity contribution in [3.05, 3.63) is 52.4 Å². The van der Waals surface area contributed by atoms with Crippen molar-refractivity contribution in [2.75, 3.05) is 0 Å². The van der Waals surface area contributed by atoms with Gasteiger partial charge in [0.2, 0.25) is 0 Å². The molecule has 1 aliphatic carbocycles. The van der Waals surface area contributed by atoms with E-state index in [0.29, 0.717) is 10.6 Å². The van der Waals surface area contributed by atoms with E-state index in [9.17, 15) is 13.5 Å². The molecule has 4 nitrogen and oxygen atoms in total. The number of rotatable bonds is 4. The molecule has 0 radical (unpaired) electrons. The van der Waals surface area contributed by atoms with E-state index < -0.39 is 22.2 Å². The summed E-state index contributed by atoms with van der Waals surface area (Å²) >= 11 is 1.27. The van der Waals surface area contributed by atoms with E-state index >= 15 is 0 Å². The number of aliphatic hydroxyl groups is 1. The molecular weight excluding hydrogens is 306 g/mol. The van der Waals surface area contributed by atoms with E-state index in [1.165, 1.54) is 11.3 Å². The van der Waals surface area contributed by atoms with Crippen LogP contribution in [-0.2, 0) is 22.9 Å². The molecule has 1 heterocycles. The number of hydrogen-bond acceptors (Lipinski definition) is 4. The van der Waals surface area contributed by atoms with Gasteiger partial charge in [0.1, 0.15) is 4.21 Å². The Morgan fingerprint density at radius 2 is 2.05 bits per heavy atom. The molecule has 0 saturated carbocycles. The number of aryl methyl sites for hydroxylation is 1. The highest BCUT2D eigenvalue weighted by atomic mass is 32.2. The third-order valence-corrected chi connectivity index (χ3v) is 6.90. The zero-order valence-corrected chi connectivity index (χ0v) is 13.2. The summed E-state index contributed by atoms with van der Waals surface area (Å²) in [5, 5.41) is 10.1. The Morgan fingerprint density at radius 3 is 2.76 bits per heavy atom. The highest BCUT2D eigenvalue weighted by molar-refractivity contribution is 7.91. The zero-order valence-electron chi connectivity index (χ0n) is 11.6. The minimum Gasteiger partial charge on any atom is -0.391 e. The van der Waals surface area contributed by atoms with Gasteiger partial charge in [-0.15, -0.1) is 11.3 Å². The van der Waals surface area contributed by atoms with Gasteiger partial charge < -0.3 is 5.11 Å². The van der Waals surface area contributed by atoms with Crippen molar-refractivity contribution in [2.45, 2.75) is 36.1 Å². The van der Waals surface area contributed by atoms with Crippen LogP contribution in [0.2, 0.25) is 0 Å². The van der Waals surface area contributed by atoms with E-state index in [4.69, 9.17) is 0 Å². The van der Waals surface area contributed by atoms with Crippen LogP contribution in [0.5, 0.6) is 0 Å². The van der Waals surface area contributed by atoms with Gasteiger partial charge in [-0.05, 0) is 29.7 Å². The number of fused-ring (bicyclic) bond motifs is 1. The summed E-state index contributed by atoms with van der Waals surface area (Å²) in [6.07, 6.45) is 0.575. The van der Waals surface area contributed by atoms with Crippen molar-refractivity contribution in [3.63, 3.8) is 0 Å². The average Bonchev–Trinajstić information content (AvgIpc) is 3.05. The number of nitrogens with one attached hydrogen (secondary N) is 1. The number of sulfonamides is 1. The highest BCUT2D eigenvalue weighted by Crippen LogP contribution is 2.33. The van der Waals surface area contributed by atoms with Gasteiger partial charge in [-0.3, -0.25) is 0 Å². The molecule has 2 aromatic rings. The van der Waals surface area contributed by atoms with Crippen LogP contribution >= 0.6 is 11.3 Å². The first-order valence-electron chi connectivity index (χ1n) is 6.88. The molecule has 6 heteroatoms. The Morgan fingerprint density at radius 1 is 1.29 bits per heavy atom. The van der Waals surface area contributed by atoms with Crippen molar-refractivity contribution in [2.24, 2.45) is 0 Å². The fourth-order valence-electron chi connectivity index (χ4n) is 2.63. The molecule has 21 heavy (non-hydrogen) atoms. The van der Waals surface area contributed by atoms with Crippen LogP contribution in [0.15, 0.2) is 40.6 Å². The Balaban J connectivity index is 1.89. The summed E-state index contributed by atoms with van der Waals surface area (Å²) < 4.78 is 27.9. The summed E-state index contributed by atoms with van der Waals surface area (Å²) in [5.41, 5.74) is 1.86. The number of aliphatic hydroxyl groups excluding tert-OH is 1. The molecule has 0 unspecified atom stereocenters. The Hall–Kier alpha value is -1.21. The summed E-state index contributed by atoms with van der Waals surface area (Å²) in [6, 6.07) is 10.4. The number of hydrogen-bond donors (Lipinski definition) is 2. The smallest absolute Gasteiger partial charge is 0.250 e. The van der Waals surface area contributed by atoms with Crippen molar-refractivity contribution in [1.29, 1.82) is 0 Å². The van der Waals surface area contributed by atoms with E-state index in [-0.39, 0.29) is 0 Å². The van der Waals surface area contributed by atoms with Crippen LogP contribution in [0, 0.1) is 0 Å². The Kier molecular flexibility index (Phi) is 3.88. The Labute approximate surface area is 128 Å². The predicted octanol–water partition coefficient (Wildman–Crippen LogP) is 2.25. The van der Waals surface area contributed by atoms with Crippen LogP contribution in [-0.4, -0.2) is 19.6 Å². The van der Waals surface area contributed by atoms with Gasteiger partial charge in [0, 0.05) is 11.3 Å². The molecule has 3 rings (SSSR count). The van der Waals surface area contributed by atoms with Crippen LogP contribution < -0.4 is 4.72 Å². The lowest BCUT2D eigenvalue weighted by Gasteiger charge is -2.17. The second-order valence-corrected chi connectivity index (χ2v) is 8.25. The molecule has 0 fully saturated rings. The molecule has 2 atom stereocenters. The maximum Gasteiger partial charge on any atom is 0.250 e. The topological polar surface area (TPSA) is 66.4 Å². The van der Waals surface area contributed by atoms with Crippen molar-refractivity contribution >= 4 is 21.4 Å². The lowest BCUT2D eigenvalue weighted by atomic mass is 10.1. The zero-order chi connectivity index (χ0) is 15.0. The summed E-state index contributed by atoms with van der Waals surface area (Å²) in [7, 11) is -3.60. The SMILES string of the molecule is CCc1ccc(S(=O)(=O)N[C@H]2c3ccccc3C[C@H]2O)s1. The molecule has 1 aliphatic rings. The standard InChI is InChI=1S/C15H17NO3S2/c1-2-11-7-8-14(20-11)21(18,19)16-15-12-6-4-3-5-10(12)9-13(15)17/h3-8,13,15-17H,2,9H2,1H3/t13-,15+/m1/s1. The first-order valence-corrected chi connectivity index (χ1v) is 9.18. The molecule has 0 spiro atoms. The summed E-state index contributed by atoms with van der Waals surface area (Å²) in [6.45, 7) is 1.99. The molecular formula is C15H17NO3S2. The third kappa shape index (κ3) is 2.76. The lowest BCUT2D eigenvalue weighted by Crippen LogP contribution is -2.33. The minimum atomic E-state index is -3.60. The van der Waals surface area contributed by atoms with Gasteiger partial charge >= 0.3 is 0 Å². The first kappa shape index (κ1) is 14.7. The molecule has 0 saturated heterocycles. The summed E-state index contributed by atoms with van der Waals surface area (Å²) in [4.78, 5) is 1.03. The second-order valence-electron chi connectivity index (χ2n) is 5.14. The van der Waals surface area contributed by atoms with E-state index in [1.807, 2.05) is 37.3 Å². The second kappa shape index (κ2) is 5.53. The van der Waals surface area contributed by atoms with Gasteiger partial charge in [0.05, 0.1) is 12.1 Å². The van der Waals surface area contributed by atoms with E-state index in [1.54, 1.807) is 6.07 Å². The number of benzene rings is 1. The van der Waals surface area contributed by atoms with Crippen LogP contribution in [0.25, 0.3) is 0 Å². The van der Waals surface area contributed by atoms with Gasteiger partial charge in [-0.25, -0.2) is 13.1 Å². The molecule has 0 amide bonds. The number of thiophene rings is 1. The van der Waals surface area contributed by atoms with E-state index in [2.05, 4.69) is 4.72 Å². The molecule has 0 aliphatic heterocycles. The molecule has 1 aromatic heterocycles. The summed E-state index contributed by atoms with van der Waals surface area (Å²) in [5.74, 6) is 0. The van der Waals surface area contributed by atoms with Crippen LogP contribution in [0.1, 0.15) is 29.0 Å². The van der Waals surface area contributed by atoms with Gasteiger partial charge in [-0.1, -0.05) is 31.2 Å².